The SMILES string of the molecule is Cc1cc(C=C2CC(=O)NC2=O)ccc1Br. The largest absolute Gasteiger partial charge is 0.292 e. The van der Waals surface area contributed by atoms with Gasteiger partial charge in [0.05, 0.1) is 6.42 Å². The Kier molecular flexibility index (Phi) is 2.92. The summed E-state index contributed by atoms with van der Waals surface area (Å²) in [7, 11) is 0. The molecule has 3 nitrogen and oxygen atoms in total. The van der Waals surface area contributed by atoms with E-state index < -0.39 is 0 Å². The van der Waals surface area contributed by atoms with E-state index in [1.807, 2.05) is 25.1 Å². The number of halogens is 1. The van der Waals surface area contributed by atoms with Gasteiger partial charge in [0.1, 0.15) is 0 Å². The van der Waals surface area contributed by atoms with Crippen molar-refractivity contribution in [3.05, 3.63) is 39.4 Å². The van der Waals surface area contributed by atoms with Gasteiger partial charge in [0.25, 0.3) is 5.91 Å². The maximum atomic E-state index is 11.3. The molecule has 0 saturated carbocycles. The van der Waals surface area contributed by atoms with Gasteiger partial charge in [-0.25, -0.2) is 0 Å². The summed E-state index contributed by atoms with van der Waals surface area (Å²) in [5, 5.41) is 2.26. The molecule has 1 N–H and O–H groups in total. The van der Waals surface area contributed by atoms with Crippen molar-refractivity contribution in [1.29, 1.82) is 0 Å². The monoisotopic (exact) mass is 279 g/mol. The Hall–Kier alpha value is -1.42. The molecule has 1 heterocycles. The first-order valence-corrected chi connectivity index (χ1v) is 5.66. The molecule has 4 heteroatoms. The van der Waals surface area contributed by atoms with Gasteiger partial charge in [0.15, 0.2) is 0 Å². The van der Waals surface area contributed by atoms with Gasteiger partial charge in [-0.2, -0.15) is 0 Å². The third-order valence-corrected chi connectivity index (χ3v) is 3.31. The van der Waals surface area contributed by atoms with Gasteiger partial charge < -0.3 is 0 Å². The normalized spacial score (nSPS) is 18.0. The summed E-state index contributed by atoms with van der Waals surface area (Å²) in [6.45, 7) is 1.98. The average Bonchev–Trinajstić information content (AvgIpc) is 2.51. The lowest BCUT2D eigenvalue weighted by Crippen LogP contribution is -2.19. The first-order chi connectivity index (χ1) is 7.56. The predicted molar refractivity (Wildman–Crippen MR) is 64.6 cm³/mol. The molecule has 82 valence electrons. The molecular weight excluding hydrogens is 270 g/mol. The second kappa shape index (κ2) is 4.22. The van der Waals surface area contributed by atoms with Crippen molar-refractivity contribution in [2.75, 3.05) is 0 Å². The van der Waals surface area contributed by atoms with Crippen LogP contribution in [-0.4, -0.2) is 11.8 Å². The Morgan fingerprint density at radius 1 is 1.38 bits per heavy atom. The van der Waals surface area contributed by atoms with E-state index in [1.165, 1.54) is 0 Å². The minimum Gasteiger partial charge on any atom is -0.292 e. The van der Waals surface area contributed by atoms with Crippen molar-refractivity contribution in [1.82, 2.24) is 5.32 Å². The number of amides is 2. The highest BCUT2D eigenvalue weighted by Gasteiger charge is 2.23. The van der Waals surface area contributed by atoms with Crippen molar-refractivity contribution < 1.29 is 9.59 Å². The van der Waals surface area contributed by atoms with Crippen molar-refractivity contribution in [3.8, 4) is 0 Å². The number of carbonyl (C=O) groups is 2. The van der Waals surface area contributed by atoms with E-state index in [0.717, 1.165) is 15.6 Å². The van der Waals surface area contributed by atoms with Gasteiger partial charge >= 0.3 is 0 Å². The third kappa shape index (κ3) is 2.22. The van der Waals surface area contributed by atoms with E-state index >= 15 is 0 Å². The molecular formula is C12H10BrNO2. The molecule has 0 radical (unpaired) electrons. The number of hydrogen-bond donors (Lipinski definition) is 1. The highest BCUT2D eigenvalue weighted by Crippen LogP contribution is 2.20. The number of imide groups is 1. The van der Waals surface area contributed by atoms with Crippen LogP contribution in [0.2, 0.25) is 0 Å². The second-order valence-corrected chi connectivity index (χ2v) is 4.59. The zero-order valence-corrected chi connectivity index (χ0v) is 10.3. The van der Waals surface area contributed by atoms with Crippen molar-refractivity contribution in [2.24, 2.45) is 0 Å². The topological polar surface area (TPSA) is 46.2 Å². The molecule has 0 bridgehead atoms. The van der Waals surface area contributed by atoms with E-state index in [0.29, 0.717) is 5.57 Å². The van der Waals surface area contributed by atoms with Gasteiger partial charge in [-0.3, -0.25) is 14.9 Å². The summed E-state index contributed by atoms with van der Waals surface area (Å²) in [5.74, 6) is -0.518. The van der Waals surface area contributed by atoms with E-state index in [2.05, 4.69) is 21.2 Å². The van der Waals surface area contributed by atoms with Crippen molar-refractivity contribution >= 4 is 33.8 Å². The Morgan fingerprint density at radius 2 is 2.12 bits per heavy atom. The maximum Gasteiger partial charge on any atom is 0.254 e. The van der Waals surface area contributed by atoms with Crippen LogP contribution in [0.1, 0.15) is 17.5 Å². The summed E-state index contributed by atoms with van der Waals surface area (Å²) < 4.78 is 1.03. The zero-order chi connectivity index (χ0) is 11.7. The van der Waals surface area contributed by atoms with Crippen LogP contribution in [0.5, 0.6) is 0 Å². The molecule has 1 fully saturated rings. The van der Waals surface area contributed by atoms with Gasteiger partial charge in [0.2, 0.25) is 5.91 Å². The molecule has 1 aliphatic heterocycles. The second-order valence-electron chi connectivity index (χ2n) is 3.73. The molecule has 0 aromatic heterocycles. The first kappa shape index (κ1) is 11.1. The minimum atomic E-state index is -0.287. The van der Waals surface area contributed by atoms with Crippen LogP contribution < -0.4 is 5.32 Å². The summed E-state index contributed by atoms with van der Waals surface area (Å²) >= 11 is 3.41. The maximum absolute atomic E-state index is 11.3. The molecule has 1 saturated heterocycles. The quantitative estimate of drug-likeness (QED) is 0.633. The predicted octanol–water partition coefficient (Wildman–Crippen LogP) is 2.19. The van der Waals surface area contributed by atoms with E-state index in [-0.39, 0.29) is 18.2 Å². The number of nitrogens with one attached hydrogen (secondary N) is 1. The Labute approximate surface area is 102 Å². The van der Waals surface area contributed by atoms with E-state index in [1.54, 1.807) is 6.08 Å². The molecule has 2 rings (SSSR count). The summed E-state index contributed by atoms with van der Waals surface area (Å²) in [4.78, 5) is 22.3. The van der Waals surface area contributed by atoms with Gasteiger partial charge in [-0.15, -0.1) is 0 Å². The van der Waals surface area contributed by atoms with Crippen LogP contribution in [0.25, 0.3) is 6.08 Å². The lowest BCUT2D eigenvalue weighted by atomic mass is 10.1. The van der Waals surface area contributed by atoms with Gasteiger partial charge in [-0.1, -0.05) is 28.1 Å². The molecule has 16 heavy (non-hydrogen) atoms. The number of benzene rings is 1. The molecule has 0 spiro atoms. The molecule has 1 aliphatic rings. The molecule has 2 amide bonds. The Balaban J connectivity index is 2.32. The van der Waals surface area contributed by atoms with Crippen LogP contribution in [-0.2, 0) is 9.59 Å². The Morgan fingerprint density at radius 3 is 2.69 bits per heavy atom. The van der Waals surface area contributed by atoms with Gasteiger partial charge in [-0.05, 0) is 30.2 Å². The molecule has 0 unspecified atom stereocenters. The number of hydrogen-bond acceptors (Lipinski definition) is 2. The fraction of sp³-hybridized carbons (Fsp3) is 0.167. The molecule has 0 atom stereocenters. The van der Waals surface area contributed by atoms with Crippen molar-refractivity contribution in [3.63, 3.8) is 0 Å². The van der Waals surface area contributed by atoms with E-state index in [4.69, 9.17) is 0 Å². The lowest BCUT2D eigenvalue weighted by Gasteiger charge is -2.00. The fourth-order valence-electron chi connectivity index (χ4n) is 1.58. The van der Waals surface area contributed by atoms with Crippen LogP contribution in [0, 0.1) is 6.92 Å². The van der Waals surface area contributed by atoms with Gasteiger partial charge in [0, 0.05) is 10.0 Å². The summed E-state index contributed by atoms with van der Waals surface area (Å²) in [5.41, 5.74) is 2.55. The highest BCUT2D eigenvalue weighted by atomic mass is 79.9. The number of rotatable bonds is 1. The van der Waals surface area contributed by atoms with Crippen LogP contribution >= 0.6 is 15.9 Å². The summed E-state index contributed by atoms with van der Waals surface area (Å²) in [6, 6.07) is 5.80. The molecule has 0 aliphatic carbocycles. The molecule has 1 aromatic rings. The fourth-order valence-corrected chi connectivity index (χ4v) is 1.83. The van der Waals surface area contributed by atoms with Crippen LogP contribution in [0.3, 0.4) is 0 Å². The minimum absolute atomic E-state index is 0.175. The summed E-state index contributed by atoms with van der Waals surface area (Å²) in [6.07, 6.45) is 1.92. The standard InChI is InChI=1S/C12H10BrNO2/c1-7-4-8(2-3-10(7)13)5-9-6-11(15)14-12(9)16/h2-5H,6H2,1H3,(H,14,15,16). The highest BCUT2D eigenvalue weighted by molar-refractivity contribution is 9.10. The average molecular weight is 280 g/mol. The lowest BCUT2D eigenvalue weighted by molar-refractivity contribution is -0.124. The number of carbonyl (C=O) groups excluding carboxylic acids is 2. The Bertz CT molecular complexity index is 506. The third-order valence-electron chi connectivity index (χ3n) is 2.42. The van der Waals surface area contributed by atoms with E-state index in [9.17, 15) is 9.59 Å². The zero-order valence-electron chi connectivity index (χ0n) is 8.71. The van der Waals surface area contributed by atoms with Crippen molar-refractivity contribution in [2.45, 2.75) is 13.3 Å². The number of aryl methyl sites for hydroxylation is 1. The smallest absolute Gasteiger partial charge is 0.254 e. The molecule has 1 aromatic carbocycles. The first-order valence-electron chi connectivity index (χ1n) is 4.87. The van der Waals surface area contributed by atoms with Crippen LogP contribution in [0.15, 0.2) is 28.2 Å². The van der Waals surface area contributed by atoms with Crippen LogP contribution in [0.4, 0.5) is 0 Å².